The monoisotopic (exact) mass is 576 g/mol. The molecular formula is C29H34Cl2N2O4S. The van der Waals surface area contributed by atoms with Gasteiger partial charge in [0.15, 0.2) is 0 Å². The van der Waals surface area contributed by atoms with Gasteiger partial charge in [0, 0.05) is 35.0 Å². The van der Waals surface area contributed by atoms with Crippen molar-refractivity contribution in [3.8, 4) is 0 Å². The second-order valence-electron chi connectivity index (χ2n) is 11.1. The van der Waals surface area contributed by atoms with Crippen LogP contribution < -0.4 is 4.72 Å². The summed E-state index contributed by atoms with van der Waals surface area (Å²) in [5.41, 5.74) is 1.05. The molecule has 9 heteroatoms. The molecule has 4 unspecified atom stereocenters. The number of sulfonamides is 1. The van der Waals surface area contributed by atoms with Crippen LogP contribution in [-0.4, -0.2) is 43.3 Å². The summed E-state index contributed by atoms with van der Waals surface area (Å²) >= 11 is 12.7. The van der Waals surface area contributed by atoms with Crippen molar-refractivity contribution < 1.29 is 18.0 Å². The number of halogens is 2. The van der Waals surface area contributed by atoms with Crippen molar-refractivity contribution >= 4 is 45.4 Å². The maximum Gasteiger partial charge on any atom is 0.230 e. The summed E-state index contributed by atoms with van der Waals surface area (Å²) in [6, 6.07) is 14.6. The van der Waals surface area contributed by atoms with Crippen molar-refractivity contribution in [3.05, 3.63) is 69.7 Å². The first-order chi connectivity index (χ1) is 18.2. The molecule has 0 radical (unpaired) electrons. The van der Waals surface area contributed by atoms with Gasteiger partial charge in [-0.25, -0.2) is 13.1 Å². The lowest BCUT2D eigenvalue weighted by atomic mass is 9.65. The van der Waals surface area contributed by atoms with E-state index in [0.29, 0.717) is 35.7 Å². The summed E-state index contributed by atoms with van der Waals surface area (Å²) in [4.78, 5) is 28.4. The third-order valence-electron chi connectivity index (χ3n) is 8.60. The summed E-state index contributed by atoms with van der Waals surface area (Å²) < 4.78 is 28.5. The molecule has 2 aromatic rings. The highest BCUT2D eigenvalue weighted by Crippen LogP contribution is 2.55. The summed E-state index contributed by atoms with van der Waals surface area (Å²) in [7, 11) is -3.43. The van der Waals surface area contributed by atoms with Gasteiger partial charge in [-0.05, 0) is 79.8 Å². The normalized spacial score (nSPS) is 26.8. The van der Waals surface area contributed by atoms with E-state index in [9.17, 15) is 18.0 Å². The molecule has 3 aliphatic rings. The molecule has 1 amide bonds. The van der Waals surface area contributed by atoms with E-state index in [1.807, 2.05) is 60.4 Å². The molecule has 204 valence electrons. The number of nitrogens with zero attached hydrogens (tertiary/aromatic N) is 1. The highest BCUT2D eigenvalue weighted by atomic mass is 35.5. The molecule has 3 fully saturated rings. The van der Waals surface area contributed by atoms with Gasteiger partial charge in [0.1, 0.15) is 6.29 Å². The first-order valence-corrected chi connectivity index (χ1v) is 15.7. The van der Waals surface area contributed by atoms with Crippen LogP contribution in [-0.2, 0) is 19.6 Å². The number of amides is 1. The van der Waals surface area contributed by atoms with E-state index in [2.05, 4.69) is 4.72 Å². The van der Waals surface area contributed by atoms with Crippen molar-refractivity contribution in [3.63, 3.8) is 0 Å². The zero-order chi connectivity index (χ0) is 27.1. The lowest BCUT2D eigenvalue weighted by Gasteiger charge is -2.53. The summed E-state index contributed by atoms with van der Waals surface area (Å²) in [6.45, 7) is 2.13. The highest BCUT2D eigenvalue weighted by Gasteiger charge is 2.55. The largest absolute Gasteiger partial charge is 0.330 e. The minimum Gasteiger partial charge on any atom is -0.330 e. The first kappa shape index (κ1) is 27.6. The minimum absolute atomic E-state index is 0.0761. The molecule has 38 heavy (non-hydrogen) atoms. The molecule has 6 nitrogen and oxygen atoms in total. The summed E-state index contributed by atoms with van der Waals surface area (Å²) in [6.07, 6.45) is 5.19. The number of aldehydes is 1. The predicted molar refractivity (Wildman–Crippen MR) is 150 cm³/mol. The molecule has 2 aliphatic carbocycles. The van der Waals surface area contributed by atoms with Gasteiger partial charge in [0.2, 0.25) is 15.9 Å². The van der Waals surface area contributed by atoms with Crippen LogP contribution in [0.15, 0.2) is 48.5 Å². The molecule has 1 N–H and O–H groups in total. The van der Waals surface area contributed by atoms with Crippen molar-refractivity contribution in [2.24, 2.45) is 11.3 Å². The smallest absolute Gasteiger partial charge is 0.230 e. The molecule has 0 bridgehead atoms. The fraction of sp³-hybridized carbons (Fsp3) is 0.517. The molecule has 4 atom stereocenters. The first-order valence-electron chi connectivity index (χ1n) is 13.4. The average molecular weight is 578 g/mol. The quantitative estimate of drug-likeness (QED) is 0.338. The molecule has 0 spiro atoms. The van der Waals surface area contributed by atoms with Gasteiger partial charge in [-0.2, -0.15) is 0 Å². The van der Waals surface area contributed by atoms with E-state index in [1.54, 1.807) is 0 Å². The topological polar surface area (TPSA) is 83.6 Å². The SMILES string of the molecule is CCC1(CC=O)CC(c2cccc(Cl)c2)C(c2ccc(Cl)cc2)N(C(CNS(=O)(=O)C2CC2)C2CC2)C1=O. The van der Waals surface area contributed by atoms with E-state index in [1.165, 1.54) is 0 Å². The Hall–Kier alpha value is -1.93. The predicted octanol–water partition coefficient (Wildman–Crippen LogP) is 5.90. The Balaban J connectivity index is 1.64. The van der Waals surface area contributed by atoms with E-state index < -0.39 is 15.4 Å². The highest BCUT2D eigenvalue weighted by molar-refractivity contribution is 7.90. The van der Waals surface area contributed by atoms with Crippen LogP contribution in [0, 0.1) is 11.3 Å². The van der Waals surface area contributed by atoms with Crippen molar-refractivity contribution in [2.45, 2.75) is 75.1 Å². The third kappa shape index (κ3) is 5.53. The number of rotatable bonds is 11. The van der Waals surface area contributed by atoms with Gasteiger partial charge in [0.25, 0.3) is 0 Å². The second kappa shape index (κ2) is 10.9. The number of carbonyl (C=O) groups is 2. The van der Waals surface area contributed by atoms with Gasteiger partial charge in [0.05, 0.1) is 16.7 Å². The van der Waals surface area contributed by atoms with E-state index in [-0.39, 0.29) is 48.0 Å². The van der Waals surface area contributed by atoms with Gasteiger partial charge in [-0.3, -0.25) is 4.79 Å². The van der Waals surface area contributed by atoms with Crippen LogP contribution in [0.25, 0.3) is 0 Å². The standard InChI is InChI=1S/C29H34Cl2N2O4S/c1-2-29(14-15-34)17-25(21-4-3-5-23(31)16-21)27(20-8-10-22(30)11-9-20)33(28(29)35)26(19-6-7-19)18-32-38(36,37)24-12-13-24/h3-5,8-11,15-16,19,24-27,32H,2,6-7,12-14,17-18H2,1H3. The zero-order valence-electron chi connectivity index (χ0n) is 21.5. The Kier molecular flexibility index (Phi) is 7.94. The molecule has 0 aromatic heterocycles. The van der Waals surface area contributed by atoms with Crippen LogP contribution in [0.1, 0.15) is 75.0 Å². The number of likely N-dealkylation sites (tertiary alicyclic amines) is 1. The van der Waals surface area contributed by atoms with Gasteiger partial charge < -0.3 is 9.69 Å². The lowest BCUT2D eigenvalue weighted by molar-refractivity contribution is -0.158. The summed E-state index contributed by atoms with van der Waals surface area (Å²) in [5.74, 6) is -0.0267. The Labute approximate surface area is 235 Å². The van der Waals surface area contributed by atoms with Gasteiger partial charge in [-0.15, -0.1) is 0 Å². The minimum atomic E-state index is -3.43. The molecule has 1 saturated heterocycles. The second-order valence-corrected chi connectivity index (χ2v) is 14.0. The molecule has 2 saturated carbocycles. The van der Waals surface area contributed by atoms with Crippen LogP contribution in [0.4, 0.5) is 0 Å². The van der Waals surface area contributed by atoms with Crippen LogP contribution in [0.2, 0.25) is 10.0 Å². The number of carbonyl (C=O) groups excluding carboxylic acids is 2. The van der Waals surface area contributed by atoms with Gasteiger partial charge in [-0.1, -0.05) is 54.4 Å². The van der Waals surface area contributed by atoms with Crippen LogP contribution >= 0.6 is 23.2 Å². The Morgan fingerprint density at radius 1 is 1.05 bits per heavy atom. The van der Waals surface area contributed by atoms with E-state index >= 15 is 0 Å². The maximum atomic E-state index is 14.5. The molecule has 5 rings (SSSR count). The van der Waals surface area contributed by atoms with E-state index in [4.69, 9.17) is 23.2 Å². The Bertz CT molecular complexity index is 1290. The maximum absolute atomic E-state index is 14.5. The van der Waals surface area contributed by atoms with Crippen LogP contribution in [0.5, 0.6) is 0 Å². The summed E-state index contributed by atoms with van der Waals surface area (Å²) in [5, 5.41) is 0.867. The van der Waals surface area contributed by atoms with Crippen molar-refractivity contribution in [1.29, 1.82) is 0 Å². The molecule has 1 aliphatic heterocycles. The van der Waals surface area contributed by atoms with Crippen LogP contribution in [0.3, 0.4) is 0 Å². The van der Waals surface area contributed by atoms with Crippen molar-refractivity contribution in [2.75, 3.05) is 6.54 Å². The third-order valence-corrected chi connectivity index (χ3v) is 11.0. The number of benzene rings is 2. The Morgan fingerprint density at radius 2 is 1.76 bits per heavy atom. The lowest BCUT2D eigenvalue weighted by Crippen LogP contribution is -2.59. The van der Waals surface area contributed by atoms with E-state index in [0.717, 1.165) is 30.3 Å². The van der Waals surface area contributed by atoms with Gasteiger partial charge >= 0.3 is 0 Å². The Morgan fingerprint density at radius 3 is 2.34 bits per heavy atom. The number of piperidine rings is 1. The van der Waals surface area contributed by atoms with Crippen molar-refractivity contribution in [1.82, 2.24) is 9.62 Å². The fourth-order valence-corrected chi connectivity index (χ4v) is 7.82. The number of nitrogens with one attached hydrogen (secondary N) is 1. The fourth-order valence-electron chi connectivity index (χ4n) is 6.10. The molecule has 1 heterocycles. The number of hydrogen-bond donors (Lipinski definition) is 1. The zero-order valence-corrected chi connectivity index (χ0v) is 23.8. The molecular weight excluding hydrogens is 543 g/mol. The average Bonchev–Trinajstić information content (AvgIpc) is 3.80. The molecule has 2 aromatic carbocycles. The number of hydrogen-bond acceptors (Lipinski definition) is 4.